The summed E-state index contributed by atoms with van der Waals surface area (Å²) in [5, 5.41) is 5.57. The Bertz CT molecular complexity index is 1180. The first-order valence-electron chi connectivity index (χ1n) is 9.43. The first-order chi connectivity index (χ1) is 13.3. The third kappa shape index (κ3) is 4.33. The Kier molecular flexibility index (Phi) is 6.65. The van der Waals surface area contributed by atoms with Gasteiger partial charge in [-0.2, -0.15) is 0 Å². The Hall–Kier alpha value is -2.31. The van der Waals surface area contributed by atoms with Crippen molar-refractivity contribution in [2.75, 3.05) is 26.2 Å². The lowest BCUT2D eigenvalue weighted by molar-refractivity contribution is 0.233. The Labute approximate surface area is 181 Å². The lowest BCUT2D eigenvalue weighted by atomic mass is 10.1. The molecule has 0 spiro atoms. The Morgan fingerprint density at radius 3 is 2.41 bits per heavy atom. The first-order valence-corrected chi connectivity index (χ1v) is 9.43. The zero-order chi connectivity index (χ0) is 18.2. The minimum Gasteiger partial charge on any atom is -0.354 e. The third-order valence-electron chi connectivity index (χ3n) is 5.34. The number of pyridine rings is 1. The average Bonchev–Trinajstić information content (AvgIpc) is 3.11. The molecule has 2 aromatic carbocycles. The van der Waals surface area contributed by atoms with Gasteiger partial charge in [0, 0.05) is 49.1 Å². The fourth-order valence-corrected chi connectivity index (χ4v) is 3.90. The molecule has 5 rings (SSSR count). The van der Waals surface area contributed by atoms with E-state index in [1.807, 2.05) is 30.3 Å². The quantitative estimate of drug-likeness (QED) is 0.461. The number of nitrogens with zero attached hydrogens (tertiary/aromatic N) is 1. The van der Waals surface area contributed by atoms with E-state index in [9.17, 15) is 4.79 Å². The number of fused-ring (bicyclic) bond motifs is 2. The molecule has 0 saturated carbocycles. The summed E-state index contributed by atoms with van der Waals surface area (Å²) >= 11 is 0. The smallest absolute Gasteiger partial charge is 0.257 e. The number of H-pyrrole nitrogens is 2. The Balaban J connectivity index is 0.00000120. The summed E-state index contributed by atoms with van der Waals surface area (Å²) in [6.45, 7) is 5.25. The number of halogens is 2. The monoisotopic (exact) mass is 430 g/mol. The van der Waals surface area contributed by atoms with Crippen LogP contribution in [0.4, 0.5) is 0 Å². The summed E-state index contributed by atoms with van der Waals surface area (Å²) in [6.07, 6.45) is 0. The van der Waals surface area contributed by atoms with Crippen molar-refractivity contribution in [2.24, 2.45) is 0 Å². The SMILES string of the molecule is Cl.Cl.O=c1[nH]c2ccccc2cc1-c1cc2cc(CN3CCNCC3)ccc2[nH]1. The van der Waals surface area contributed by atoms with Crippen molar-refractivity contribution in [1.82, 2.24) is 20.2 Å². The predicted octanol–water partition coefficient (Wildman–Crippen LogP) is 3.93. The molecule has 1 saturated heterocycles. The van der Waals surface area contributed by atoms with E-state index in [4.69, 9.17) is 0 Å². The van der Waals surface area contributed by atoms with E-state index in [0.717, 1.165) is 60.2 Å². The van der Waals surface area contributed by atoms with Crippen LogP contribution in [0.3, 0.4) is 0 Å². The molecule has 0 radical (unpaired) electrons. The molecule has 7 heteroatoms. The number of benzene rings is 2. The van der Waals surface area contributed by atoms with E-state index in [0.29, 0.717) is 5.56 Å². The molecule has 2 aromatic heterocycles. The molecule has 4 aromatic rings. The van der Waals surface area contributed by atoms with Crippen LogP contribution < -0.4 is 10.9 Å². The van der Waals surface area contributed by atoms with Gasteiger partial charge in [0.1, 0.15) is 0 Å². The topological polar surface area (TPSA) is 63.9 Å². The van der Waals surface area contributed by atoms with Crippen LogP contribution in [0.25, 0.3) is 33.1 Å². The van der Waals surface area contributed by atoms with Crippen LogP contribution in [-0.2, 0) is 6.54 Å². The highest BCUT2D eigenvalue weighted by Crippen LogP contribution is 2.25. The molecule has 0 atom stereocenters. The molecule has 0 bridgehead atoms. The summed E-state index contributed by atoms with van der Waals surface area (Å²) < 4.78 is 0. The van der Waals surface area contributed by atoms with Crippen LogP contribution in [-0.4, -0.2) is 41.0 Å². The average molecular weight is 431 g/mol. The van der Waals surface area contributed by atoms with Gasteiger partial charge in [-0.25, -0.2) is 0 Å². The van der Waals surface area contributed by atoms with E-state index < -0.39 is 0 Å². The summed E-state index contributed by atoms with van der Waals surface area (Å²) in [5.74, 6) is 0. The number of nitrogens with one attached hydrogen (secondary N) is 3. The summed E-state index contributed by atoms with van der Waals surface area (Å²) in [5.41, 5.74) is 4.69. The van der Waals surface area contributed by atoms with Gasteiger partial charge in [-0.1, -0.05) is 24.3 Å². The summed E-state index contributed by atoms with van der Waals surface area (Å²) in [6, 6.07) is 18.4. The van der Waals surface area contributed by atoms with Crippen LogP contribution in [0.2, 0.25) is 0 Å². The minimum atomic E-state index is -0.0682. The molecule has 152 valence electrons. The number of hydrogen-bond donors (Lipinski definition) is 3. The van der Waals surface area contributed by atoms with Crippen LogP contribution in [0, 0.1) is 0 Å². The Morgan fingerprint density at radius 1 is 0.828 bits per heavy atom. The second kappa shape index (κ2) is 9.01. The first kappa shape index (κ1) is 21.4. The molecule has 1 fully saturated rings. The standard InChI is InChI=1S/C22H22N4O.2ClH/c27-22-18(12-16-3-1-2-4-19(16)25-22)21-13-17-11-15(5-6-20(17)24-21)14-26-9-7-23-8-10-26;;/h1-6,11-13,23-24H,7-10,14H2,(H,25,27);2*1H. The highest BCUT2D eigenvalue weighted by Gasteiger charge is 2.12. The predicted molar refractivity (Wildman–Crippen MR) is 125 cm³/mol. The van der Waals surface area contributed by atoms with Crippen LogP contribution in [0.15, 0.2) is 59.4 Å². The van der Waals surface area contributed by atoms with Crippen LogP contribution in [0.1, 0.15) is 5.56 Å². The molecule has 0 aliphatic carbocycles. The van der Waals surface area contributed by atoms with Crippen molar-refractivity contribution in [3.8, 4) is 11.3 Å². The second-order valence-electron chi connectivity index (χ2n) is 7.23. The van der Waals surface area contributed by atoms with E-state index in [-0.39, 0.29) is 30.4 Å². The van der Waals surface area contributed by atoms with E-state index in [2.05, 4.69) is 44.5 Å². The van der Waals surface area contributed by atoms with Gasteiger partial charge >= 0.3 is 0 Å². The fraction of sp³-hybridized carbons (Fsp3) is 0.227. The lowest BCUT2D eigenvalue weighted by Crippen LogP contribution is -2.42. The van der Waals surface area contributed by atoms with E-state index >= 15 is 0 Å². The third-order valence-corrected chi connectivity index (χ3v) is 5.34. The van der Waals surface area contributed by atoms with Gasteiger partial charge in [0.25, 0.3) is 5.56 Å². The van der Waals surface area contributed by atoms with Crippen LogP contribution >= 0.6 is 24.8 Å². The molecule has 0 unspecified atom stereocenters. The number of rotatable bonds is 3. The van der Waals surface area contributed by atoms with Gasteiger partial charge in [-0.05, 0) is 41.3 Å². The van der Waals surface area contributed by atoms with Crippen molar-refractivity contribution >= 4 is 46.6 Å². The van der Waals surface area contributed by atoms with E-state index in [1.54, 1.807) is 0 Å². The zero-order valence-electron chi connectivity index (χ0n) is 15.9. The molecular formula is C22H24Cl2N4O. The molecule has 3 N–H and O–H groups in total. The number of para-hydroxylation sites is 1. The second-order valence-corrected chi connectivity index (χ2v) is 7.23. The van der Waals surface area contributed by atoms with Crippen molar-refractivity contribution < 1.29 is 0 Å². The molecule has 29 heavy (non-hydrogen) atoms. The fourth-order valence-electron chi connectivity index (χ4n) is 3.90. The largest absolute Gasteiger partial charge is 0.354 e. The van der Waals surface area contributed by atoms with Gasteiger partial charge < -0.3 is 15.3 Å². The Morgan fingerprint density at radius 2 is 1.59 bits per heavy atom. The van der Waals surface area contributed by atoms with Gasteiger partial charge in [-0.3, -0.25) is 9.69 Å². The minimum absolute atomic E-state index is 0. The number of aromatic nitrogens is 2. The van der Waals surface area contributed by atoms with Crippen molar-refractivity contribution in [3.63, 3.8) is 0 Å². The van der Waals surface area contributed by atoms with Gasteiger partial charge in [0.2, 0.25) is 0 Å². The maximum Gasteiger partial charge on any atom is 0.257 e. The van der Waals surface area contributed by atoms with Gasteiger partial charge in [0.05, 0.1) is 11.3 Å². The normalized spacial score (nSPS) is 14.5. The number of aromatic amines is 2. The van der Waals surface area contributed by atoms with Crippen molar-refractivity contribution in [1.29, 1.82) is 0 Å². The number of piperazine rings is 1. The highest BCUT2D eigenvalue weighted by molar-refractivity contribution is 5.89. The van der Waals surface area contributed by atoms with Gasteiger partial charge in [-0.15, -0.1) is 24.8 Å². The highest BCUT2D eigenvalue weighted by atomic mass is 35.5. The molecule has 5 nitrogen and oxygen atoms in total. The molecule has 1 aliphatic rings. The van der Waals surface area contributed by atoms with Crippen LogP contribution in [0.5, 0.6) is 0 Å². The zero-order valence-corrected chi connectivity index (χ0v) is 17.5. The summed E-state index contributed by atoms with van der Waals surface area (Å²) in [4.78, 5) is 21.4. The van der Waals surface area contributed by atoms with Crippen molar-refractivity contribution in [3.05, 3.63) is 70.5 Å². The number of hydrogen-bond acceptors (Lipinski definition) is 3. The molecule has 3 heterocycles. The molecule has 1 aliphatic heterocycles. The maximum atomic E-state index is 12.6. The summed E-state index contributed by atoms with van der Waals surface area (Å²) in [7, 11) is 0. The lowest BCUT2D eigenvalue weighted by Gasteiger charge is -2.27. The van der Waals surface area contributed by atoms with E-state index in [1.165, 1.54) is 5.56 Å². The molecular weight excluding hydrogens is 407 g/mol. The maximum absolute atomic E-state index is 12.6. The van der Waals surface area contributed by atoms with Gasteiger partial charge in [0.15, 0.2) is 0 Å². The molecule has 0 amide bonds. The van der Waals surface area contributed by atoms with Crippen molar-refractivity contribution in [2.45, 2.75) is 6.54 Å².